The van der Waals surface area contributed by atoms with Crippen LogP contribution in [-0.4, -0.2) is 24.7 Å². The van der Waals surface area contributed by atoms with Crippen LogP contribution in [0.4, 0.5) is 0 Å². The molecule has 1 aromatic carbocycles. The summed E-state index contributed by atoms with van der Waals surface area (Å²) in [5.41, 5.74) is 4.83. The Labute approximate surface area is 155 Å². The molecule has 3 heterocycles. The number of rotatable bonds is 4. The maximum absolute atomic E-state index is 11.7. The topological polar surface area (TPSA) is 91.1 Å². The number of H-pyrrole nitrogens is 1. The van der Waals surface area contributed by atoms with Gasteiger partial charge in [0, 0.05) is 30.6 Å². The van der Waals surface area contributed by atoms with Crippen molar-refractivity contribution in [3.63, 3.8) is 0 Å². The van der Waals surface area contributed by atoms with Gasteiger partial charge in [0.2, 0.25) is 5.43 Å². The van der Waals surface area contributed by atoms with Crippen molar-refractivity contribution in [2.24, 2.45) is 0 Å². The number of nitrogens with zero attached hydrogens (tertiary/aromatic N) is 2. The van der Waals surface area contributed by atoms with Gasteiger partial charge < -0.3 is 19.8 Å². The lowest BCUT2D eigenvalue weighted by atomic mass is 10.0. The van der Waals surface area contributed by atoms with E-state index in [0.29, 0.717) is 12.2 Å². The first-order valence-electron chi connectivity index (χ1n) is 8.65. The number of aromatic hydroxyl groups is 1. The molecular weight excluding hydrogens is 342 g/mol. The fourth-order valence-corrected chi connectivity index (χ4v) is 3.21. The average Bonchev–Trinajstić information content (AvgIpc) is 3.12. The third kappa shape index (κ3) is 3.35. The summed E-state index contributed by atoms with van der Waals surface area (Å²) in [6, 6.07) is 13.2. The van der Waals surface area contributed by atoms with Crippen molar-refractivity contribution in [2.45, 2.75) is 19.6 Å². The van der Waals surface area contributed by atoms with Crippen LogP contribution in [0.1, 0.15) is 24.3 Å². The van der Waals surface area contributed by atoms with Crippen molar-refractivity contribution in [3.8, 4) is 16.9 Å². The number of hydrogen-bond donors (Lipinski definition) is 3. The minimum atomic E-state index is -0.819. The third-order valence-electron chi connectivity index (χ3n) is 4.58. The number of aromatic nitrogens is 3. The Morgan fingerprint density at radius 2 is 2.04 bits per heavy atom. The van der Waals surface area contributed by atoms with Crippen LogP contribution in [0.15, 0.2) is 65.8 Å². The molecule has 3 aromatic heterocycles. The highest BCUT2D eigenvalue weighted by Gasteiger charge is 2.11. The number of fused-ring (bicyclic) bond motifs is 1. The van der Waals surface area contributed by atoms with Crippen LogP contribution in [0.2, 0.25) is 0 Å². The van der Waals surface area contributed by atoms with Gasteiger partial charge in [-0.3, -0.25) is 9.78 Å². The summed E-state index contributed by atoms with van der Waals surface area (Å²) in [5.74, 6) is -0.336. The van der Waals surface area contributed by atoms with Gasteiger partial charge in [-0.25, -0.2) is 0 Å². The number of pyridine rings is 2. The summed E-state index contributed by atoms with van der Waals surface area (Å²) in [6.07, 6.45) is 4.24. The molecule has 0 fully saturated rings. The summed E-state index contributed by atoms with van der Waals surface area (Å²) < 4.78 is 1.69. The van der Waals surface area contributed by atoms with Crippen LogP contribution >= 0.6 is 0 Å². The minimum Gasteiger partial charge on any atom is -0.503 e. The molecule has 0 bridgehead atoms. The van der Waals surface area contributed by atoms with Crippen LogP contribution in [0.5, 0.6) is 5.75 Å². The van der Waals surface area contributed by atoms with Gasteiger partial charge in [0.15, 0.2) is 5.75 Å². The van der Waals surface area contributed by atoms with Gasteiger partial charge in [-0.15, -0.1) is 0 Å². The summed E-state index contributed by atoms with van der Waals surface area (Å²) >= 11 is 0. The zero-order valence-corrected chi connectivity index (χ0v) is 14.8. The minimum absolute atomic E-state index is 0.336. The lowest BCUT2D eigenvalue weighted by Gasteiger charge is -2.16. The normalized spacial score (nSPS) is 12.4. The van der Waals surface area contributed by atoms with E-state index in [1.54, 1.807) is 11.5 Å². The molecule has 0 spiro atoms. The molecule has 1 unspecified atom stereocenters. The van der Waals surface area contributed by atoms with Gasteiger partial charge in [-0.05, 0) is 36.2 Å². The summed E-state index contributed by atoms with van der Waals surface area (Å²) in [5, 5.41) is 19.7. The molecule has 0 saturated heterocycles. The van der Waals surface area contributed by atoms with E-state index < -0.39 is 11.5 Å². The highest BCUT2D eigenvalue weighted by molar-refractivity contribution is 5.80. The van der Waals surface area contributed by atoms with Gasteiger partial charge in [0.1, 0.15) is 0 Å². The van der Waals surface area contributed by atoms with E-state index >= 15 is 0 Å². The standard InChI is InChI=1S/C21H19N3O3/c1-13(25)19-9-20(26)21(27)12-24(19)11-14-3-2-4-15(7-14)16-8-18-17(23-10-16)5-6-22-18/h2-10,12-13,22,25,27H,11H2,1H3. The van der Waals surface area contributed by atoms with E-state index in [9.17, 15) is 15.0 Å². The average molecular weight is 361 g/mol. The van der Waals surface area contributed by atoms with Gasteiger partial charge in [-0.2, -0.15) is 0 Å². The molecule has 6 nitrogen and oxygen atoms in total. The lowest BCUT2D eigenvalue weighted by Crippen LogP contribution is -2.15. The van der Waals surface area contributed by atoms with Crippen LogP contribution < -0.4 is 5.43 Å². The van der Waals surface area contributed by atoms with E-state index in [-0.39, 0.29) is 5.75 Å². The van der Waals surface area contributed by atoms with Crippen molar-refractivity contribution in [2.75, 3.05) is 0 Å². The molecular formula is C21H19N3O3. The van der Waals surface area contributed by atoms with Crippen molar-refractivity contribution >= 4 is 11.0 Å². The number of aromatic amines is 1. The lowest BCUT2D eigenvalue weighted by molar-refractivity contribution is 0.188. The summed E-state index contributed by atoms with van der Waals surface area (Å²) in [6.45, 7) is 2.01. The highest BCUT2D eigenvalue weighted by atomic mass is 16.3. The Bertz CT molecular complexity index is 1170. The zero-order chi connectivity index (χ0) is 19.0. The Hall–Kier alpha value is -3.38. The molecule has 1 atom stereocenters. The fourth-order valence-electron chi connectivity index (χ4n) is 3.21. The predicted molar refractivity (Wildman–Crippen MR) is 104 cm³/mol. The van der Waals surface area contributed by atoms with E-state index in [0.717, 1.165) is 27.7 Å². The highest BCUT2D eigenvalue weighted by Crippen LogP contribution is 2.24. The number of benzene rings is 1. The molecule has 136 valence electrons. The Kier molecular flexibility index (Phi) is 4.25. The van der Waals surface area contributed by atoms with Crippen molar-refractivity contribution < 1.29 is 10.2 Å². The molecule has 0 saturated carbocycles. The van der Waals surface area contributed by atoms with E-state index in [2.05, 4.69) is 9.97 Å². The second-order valence-electron chi connectivity index (χ2n) is 6.59. The van der Waals surface area contributed by atoms with E-state index in [1.165, 1.54) is 12.3 Å². The van der Waals surface area contributed by atoms with Crippen LogP contribution in [0.3, 0.4) is 0 Å². The van der Waals surface area contributed by atoms with Crippen molar-refractivity contribution in [1.29, 1.82) is 0 Å². The smallest absolute Gasteiger partial charge is 0.223 e. The first-order chi connectivity index (χ1) is 13.0. The van der Waals surface area contributed by atoms with Gasteiger partial charge in [0.05, 0.1) is 29.0 Å². The summed E-state index contributed by atoms with van der Waals surface area (Å²) in [4.78, 5) is 19.3. The Morgan fingerprint density at radius 1 is 1.19 bits per heavy atom. The largest absolute Gasteiger partial charge is 0.503 e. The van der Waals surface area contributed by atoms with Crippen molar-refractivity contribution in [3.05, 3.63) is 82.5 Å². The molecule has 0 amide bonds. The summed E-state index contributed by atoms with van der Waals surface area (Å²) in [7, 11) is 0. The van der Waals surface area contributed by atoms with E-state index in [4.69, 9.17) is 0 Å². The number of nitrogens with one attached hydrogen (secondary N) is 1. The maximum atomic E-state index is 11.7. The fraction of sp³-hybridized carbons (Fsp3) is 0.143. The molecule has 4 rings (SSSR count). The van der Waals surface area contributed by atoms with Gasteiger partial charge in [-0.1, -0.05) is 18.2 Å². The zero-order valence-electron chi connectivity index (χ0n) is 14.8. The van der Waals surface area contributed by atoms with E-state index in [1.807, 2.05) is 48.8 Å². The molecule has 0 aliphatic rings. The quantitative estimate of drug-likeness (QED) is 0.521. The first kappa shape index (κ1) is 17.1. The maximum Gasteiger partial charge on any atom is 0.223 e. The van der Waals surface area contributed by atoms with Crippen LogP contribution in [0.25, 0.3) is 22.2 Å². The number of hydrogen-bond acceptors (Lipinski definition) is 4. The molecule has 6 heteroatoms. The van der Waals surface area contributed by atoms with Gasteiger partial charge >= 0.3 is 0 Å². The molecule has 0 aliphatic heterocycles. The molecule has 27 heavy (non-hydrogen) atoms. The van der Waals surface area contributed by atoms with Crippen molar-refractivity contribution in [1.82, 2.24) is 14.5 Å². The third-order valence-corrected chi connectivity index (χ3v) is 4.58. The Balaban J connectivity index is 1.71. The van der Waals surface area contributed by atoms with Crippen LogP contribution in [-0.2, 0) is 6.54 Å². The molecule has 0 radical (unpaired) electrons. The SMILES string of the molecule is CC(O)c1cc(=O)c(O)cn1Cc1cccc(-c2cnc3cc[nH]c3c2)c1. The molecule has 4 aromatic rings. The Morgan fingerprint density at radius 3 is 2.85 bits per heavy atom. The van der Waals surface area contributed by atoms with Gasteiger partial charge in [0.25, 0.3) is 0 Å². The number of aliphatic hydroxyl groups is 1. The first-order valence-corrected chi connectivity index (χ1v) is 8.65. The van der Waals surface area contributed by atoms with Crippen LogP contribution in [0, 0.1) is 0 Å². The number of aliphatic hydroxyl groups excluding tert-OH is 1. The second kappa shape index (κ2) is 6.74. The molecule has 0 aliphatic carbocycles. The predicted octanol–water partition coefficient (Wildman–Crippen LogP) is 3.20. The molecule has 3 N–H and O–H groups in total. The monoisotopic (exact) mass is 361 g/mol. The second-order valence-corrected chi connectivity index (χ2v) is 6.59.